The summed E-state index contributed by atoms with van der Waals surface area (Å²) in [7, 11) is 3.38. The third-order valence-electron chi connectivity index (χ3n) is 4.55. The van der Waals surface area contributed by atoms with E-state index in [0.29, 0.717) is 5.75 Å². The SMILES string of the molecule is COc1ccccc1CC(CNC(=O)Cc1c(C)nn(C)c1C)C(=O)O. The molecule has 0 fully saturated rings. The summed E-state index contributed by atoms with van der Waals surface area (Å²) in [5, 5.41) is 16.5. The summed E-state index contributed by atoms with van der Waals surface area (Å²) in [6.45, 7) is 3.83. The van der Waals surface area contributed by atoms with E-state index in [1.807, 2.05) is 39.1 Å². The number of aryl methyl sites for hydroxylation is 2. The molecule has 26 heavy (non-hydrogen) atoms. The van der Waals surface area contributed by atoms with E-state index in [1.165, 1.54) is 0 Å². The second-order valence-corrected chi connectivity index (χ2v) is 6.30. The van der Waals surface area contributed by atoms with Crippen molar-refractivity contribution in [2.75, 3.05) is 13.7 Å². The maximum atomic E-state index is 12.3. The Balaban J connectivity index is 2.00. The number of hydrogen-bond acceptors (Lipinski definition) is 4. The molecule has 1 amide bonds. The molecule has 2 rings (SSSR count). The molecule has 0 saturated heterocycles. The summed E-state index contributed by atoms with van der Waals surface area (Å²) in [6, 6.07) is 7.29. The van der Waals surface area contributed by atoms with Gasteiger partial charge < -0.3 is 15.2 Å². The Morgan fingerprint density at radius 2 is 2.00 bits per heavy atom. The number of carboxylic acids is 1. The number of hydrogen-bond donors (Lipinski definition) is 2. The number of nitrogens with one attached hydrogen (secondary N) is 1. The monoisotopic (exact) mass is 359 g/mol. The van der Waals surface area contributed by atoms with Crippen molar-refractivity contribution in [1.29, 1.82) is 0 Å². The fourth-order valence-corrected chi connectivity index (χ4v) is 2.92. The molecule has 7 heteroatoms. The first-order chi connectivity index (χ1) is 12.3. The molecule has 0 bridgehead atoms. The van der Waals surface area contributed by atoms with Crippen molar-refractivity contribution in [3.63, 3.8) is 0 Å². The van der Waals surface area contributed by atoms with Crippen LogP contribution in [0.1, 0.15) is 22.5 Å². The van der Waals surface area contributed by atoms with Crippen molar-refractivity contribution in [2.24, 2.45) is 13.0 Å². The van der Waals surface area contributed by atoms with Crippen molar-refractivity contribution >= 4 is 11.9 Å². The van der Waals surface area contributed by atoms with Gasteiger partial charge in [0.2, 0.25) is 5.91 Å². The number of para-hydroxylation sites is 1. The zero-order valence-corrected chi connectivity index (χ0v) is 15.6. The van der Waals surface area contributed by atoms with Crippen LogP contribution in [0.25, 0.3) is 0 Å². The summed E-state index contributed by atoms with van der Waals surface area (Å²) in [4.78, 5) is 23.8. The third-order valence-corrected chi connectivity index (χ3v) is 4.55. The van der Waals surface area contributed by atoms with Crippen LogP contribution in [0.2, 0.25) is 0 Å². The highest BCUT2D eigenvalue weighted by Crippen LogP contribution is 2.21. The lowest BCUT2D eigenvalue weighted by Crippen LogP contribution is -2.35. The second-order valence-electron chi connectivity index (χ2n) is 6.30. The number of ether oxygens (including phenoxy) is 1. The summed E-state index contributed by atoms with van der Waals surface area (Å²) < 4.78 is 7.01. The summed E-state index contributed by atoms with van der Waals surface area (Å²) in [5.74, 6) is -1.25. The number of aliphatic carboxylic acids is 1. The van der Waals surface area contributed by atoms with Gasteiger partial charge >= 0.3 is 5.97 Å². The van der Waals surface area contributed by atoms with Crippen LogP contribution in [0.3, 0.4) is 0 Å². The van der Waals surface area contributed by atoms with Gasteiger partial charge in [-0.2, -0.15) is 5.10 Å². The van der Waals surface area contributed by atoms with Gasteiger partial charge in [-0.15, -0.1) is 0 Å². The number of amides is 1. The molecule has 0 aliphatic rings. The third kappa shape index (κ3) is 4.62. The molecular weight excluding hydrogens is 334 g/mol. The minimum atomic E-state index is -0.954. The first kappa shape index (κ1) is 19.5. The van der Waals surface area contributed by atoms with Gasteiger partial charge in [0, 0.05) is 24.8 Å². The average molecular weight is 359 g/mol. The van der Waals surface area contributed by atoms with E-state index in [1.54, 1.807) is 17.9 Å². The maximum Gasteiger partial charge on any atom is 0.308 e. The highest BCUT2D eigenvalue weighted by Gasteiger charge is 2.21. The minimum absolute atomic E-state index is 0.0601. The fourth-order valence-electron chi connectivity index (χ4n) is 2.92. The number of benzene rings is 1. The molecule has 0 aliphatic carbocycles. The largest absolute Gasteiger partial charge is 0.496 e. The first-order valence-corrected chi connectivity index (χ1v) is 8.44. The van der Waals surface area contributed by atoms with Crippen LogP contribution in [-0.2, 0) is 29.5 Å². The van der Waals surface area contributed by atoms with E-state index in [9.17, 15) is 14.7 Å². The Morgan fingerprint density at radius 3 is 2.58 bits per heavy atom. The predicted octanol–water partition coefficient (Wildman–Crippen LogP) is 1.65. The standard InChI is InChI=1S/C19H25N3O4/c1-12-16(13(2)22(3)21-12)10-18(23)20-11-15(19(24)25)9-14-7-5-6-8-17(14)26-4/h5-8,15H,9-11H2,1-4H3,(H,20,23)(H,24,25). The fraction of sp³-hybridized carbons (Fsp3) is 0.421. The van der Waals surface area contributed by atoms with Crippen LogP contribution < -0.4 is 10.1 Å². The van der Waals surface area contributed by atoms with Crippen molar-refractivity contribution in [3.8, 4) is 5.75 Å². The van der Waals surface area contributed by atoms with Crippen molar-refractivity contribution in [3.05, 3.63) is 46.8 Å². The zero-order valence-electron chi connectivity index (χ0n) is 15.6. The number of nitrogens with zero attached hydrogens (tertiary/aromatic N) is 2. The van der Waals surface area contributed by atoms with E-state index < -0.39 is 11.9 Å². The molecule has 1 atom stereocenters. The molecule has 2 N–H and O–H groups in total. The van der Waals surface area contributed by atoms with Crippen LogP contribution >= 0.6 is 0 Å². The number of carbonyl (C=O) groups is 2. The van der Waals surface area contributed by atoms with Gasteiger partial charge in [-0.3, -0.25) is 14.3 Å². The number of carbonyl (C=O) groups excluding carboxylic acids is 1. The van der Waals surface area contributed by atoms with Gasteiger partial charge in [-0.05, 0) is 31.9 Å². The Morgan fingerprint density at radius 1 is 1.31 bits per heavy atom. The van der Waals surface area contributed by atoms with E-state index in [-0.39, 0.29) is 25.3 Å². The molecular formula is C19H25N3O4. The van der Waals surface area contributed by atoms with Crippen molar-refractivity contribution < 1.29 is 19.4 Å². The van der Waals surface area contributed by atoms with Gasteiger partial charge in [-0.1, -0.05) is 18.2 Å². The normalized spacial score (nSPS) is 11.8. The molecule has 0 saturated carbocycles. The van der Waals surface area contributed by atoms with Crippen LogP contribution in [0.4, 0.5) is 0 Å². The molecule has 140 valence electrons. The lowest BCUT2D eigenvalue weighted by atomic mass is 9.98. The van der Waals surface area contributed by atoms with Crippen molar-refractivity contribution in [2.45, 2.75) is 26.7 Å². The zero-order chi connectivity index (χ0) is 19.3. The molecule has 0 aliphatic heterocycles. The Labute approximate surface area is 153 Å². The second kappa shape index (κ2) is 8.51. The molecule has 0 radical (unpaired) electrons. The highest BCUT2D eigenvalue weighted by atomic mass is 16.5. The van der Waals surface area contributed by atoms with E-state index in [2.05, 4.69) is 10.4 Å². The van der Waals surface area contributed by atoms with Crippen LogP contribution in [0.15, 0.2) is 24.3 Å². The highest BCUT2D eigenvalue weighted by molar-refractivity contribution is 5.80. The van der Waals surface area contributed by atoms with Crippen LogP contribution in [0.5, 0.6) is 5.75 Å². The van der Waals surface area contributed by atoms with E-state index >= 15 is 0 Å². The Hall–Kier alpha value is -2.83. The number of rotatable bonds is 8. The van der Waals surface area contributed by atoms with Gasteiger partial charge in [0.05, 0.1) is 25.1 Å². The summed E-state index contributed by atoms with van der Waals surface area (Å²) in [5.41, 5.74) is 3.42. The molecule has 1 unspecified atom stereocenters. The Kier molecular flexibility index (Phi) is 6.38. The smallest absolute Gasteiger partial charge is 0.308 e. The van der Waals surface area contributed by atoms with Crippen LogP contribution in [-0.4, -0.2) is 40.4 Å². The van der Waals surface area contributed by atoms with Gasteiger partial charge in [-0.25, -0.2) is 0 Å². The summed E-state index contributed by atoms with van der Waals surface area (Å²) >= 11 is 0. The molecule has 1 aromatic heterocycles. The quantitative estimate of drug-likeness (QED) is 0.747. The first-order valence-electron chi connectivity index (χ1n) is 8.44. The summed E-state index contributed by atoms with van der Waals surface area (Å²) in [6.07, 6.45) is 0.469. The lowest BCUT2D eigenvalue weighted by molar-refractivity contribution is -0.141. The number of aromatic nitrogens is 2. The molecule has 1 aromatic carbocycles. The number of methoxy groups -OCH3 is 1. The average Bonchev–Trinajstić information content (AvgIpc) is 2.84. The van der Waals surface area contributed by atoms with E-state index in [4.69, 9.17) is 4.74 Å². The molecule has 2 aromatic rings. The predicted molar refractivity (Wildman–Crippen MR) is 97.2 cm³/mol. The van der Waals surface area contributed by atoms with Gasteiger partial charge in [0.15, 0.2) is 0 Å². The van der Waals surface area contributed by atoms with Crippen LogP contribution in [0, 0.1) is 19.8 Å². The number of carboxylic acid groups (broad SMARTS) is 1. The topological polar surface area (TPSA) is 93.5 Å². The maximum absolute atomic E-state index is 12.3. The molecule has 0 spiro atoms. The lowest BCUT2D eigenvalue weighted by Gasteiger charge is -2.15. The Bertz CT molecular complexity index is 798. The minimum Gasteiger partial charge on any atom is -0.496 e. The van der Waals surface area contributed by atoms with Gasteiger partial charge in [0.1, 0.15) is 5.75 Å². The molecule has 7 nitrogen and oxygen atoms in total. The van der Waals surface area contributed by atoms with Gasteiger partial charge in [0.25, 0.3) is 0 Å². The molecule has 1 heterocycles. The van der Waals surface area contributed by atoms with Crippen molar-refractivity contribution in [1.82, 2.24) is 15.1 Å². The van der Waals surface area contributed by atoms with E-state index in [0.717, 1.165) is 22.5 Å².